The molecule has 0 bridgehead atoms. The Morgan fingerprint density at radius 3 is 2.62 bits per heavy atom. The first-order chi connectivity index (χ1) is 7.20. The van der Waals surface area contributed by atoms with E-state index in [2.05, 4.69) is 18.6 Å². The second-order valence-electron chi connectivity index (χ2n) is 3.46. The van der Waals surface area contributed by atoms with Crippen molar-refractivity contribution in [1.82, 2.24) is 0 Å². The number of benzene rings is 1. The summed E-state index contributed by atoms with van der Waals surface area (Å²) >= 11 is 0. The number of ether oxygens (including phenoxy) is 1. The number of aliphatic hydroxyl groups excluding tert-OH is 1. The van der Waals surface area contributed by atoms with E-state index in [1.807, 2.05) is 12.1 Å². The van der Waals surface area contributed by atoms with Crippen molar-refractivity contribution < 1.29 is 14.6 Å². The molecule has 0 aromatic heterocycles. The predicted molar refractivity (Wildman–Crippen MR) is 64.8 cm³/mol. The molecule has 0 aliphatic heterocycles. The van der Waals surface area contributed by atoms with E-state index >= 15 is 0 Å². The Labute approximate surface area is 118 Å². The van der Waals surface area contributed by atoms with Gasteiger partial charge in [-0.05, 0) is 24.0 Å². The molecule has 0 radical (unpaired) electrons. The summed E-state index contributed by atoms with van der Waals surface area (Å²) in [6.07, 6.45) is 0.962. The van der Waals surface area contributed by atoms with Gasteiger partial charge in [-0.15, -0.1) is 0 Å². The van der Waals surface area contributed by atoms with Gasteiger partial charge >= 0.3 is 35.5 Å². The zero-order valence-corrected chi connectivity index (χ0v) is 9.06. The van der Waals surface area contributed by atoms with Crippen molar-refractivity contribution in [3.8, 4) is 0 Å². The van der Waals surface area contributed by atoms with Gasteiger partial charge in [0.2, 0.25) is 0 Å². The molecule has 84 valence electrons. The normalized spacial score (nSPS) is 11.4. The van der Waals surface area contributed by atoms with Crippen LogP contribution in [0.3, 0.4) is 0 Å². The molecule has 0 aliphatic carbocycles. The van der Waals surface area contributed by atoms with Crippen LogP contribution in [0.15, 0.2) is 24.3 Å². The fourth-order valence-corrected chi connectivity index (χ4v) is 1.47. The third-order valence-corrected chi connectivity index (χ3v) is 2.52. The van der Waals surface area contributed by atoms with Crippen LogP contribution >= 0.6 is 0 Å². The number of hydrogen-bond donors (Lipinski definition) is 1. The summed E-state index contributed by atoms with van der Waals surface area (Å²) in [5, 5.41) is 8.54. The molecule has 1 unspecified atom stereocenters. The van der Waals surface area contributed by atoms with Crippen molar-refractivity contribution in [1.29, 1.82) is 0 Å². The molecule has 0 aliphatic rings. The molecule has 0 fully saturated rings. The summed E-state index contributed by atoms with van der Waals surface area (Å²) in [6, 6.07) is 7.33. The molecule has 1 aromatic rings. The van der Waals surface area contributed by atoms with Crippen molar-refractivity contribution in [2.75, 3.05) is 6.79 Å². The fraction of sp³-hybridized carbons (Fsp3) is 0.417. The zero-order valence-electron chi connectivity index (χ0n) is 9.06. The van der Waals surface area contributed by atoms with Gasteiger partial charge in [0.15, 0.2) is 6.79 Å². The molecule has 0 saturated heterocycles. The first-order valence-corrected chi connectivity index (χ1v) is 5.07. The van der Waals surface area contributed by atoms with E-state index in [1.165, 1.54) is 0 Å². The Kier molecular flexibility index (Phi) is 7.68. The second kappa shape index (κ2) is 7.85. The number of carbonyl (C=O) groups is 1. The van der Waals surface area contributed by atoms with Gasteiger partial charge in [-0.2, -0.15) is 0 Å². The fourth-order valence-electron chi connectivity index (χ4n) is 1.47. The van der Waals surface area contributed by atoms with Gasteiger partial charge in [0, 0.05) is 0 Å². The summed E-state index contributed by atoms with van der Waals surface area (Å²) in [5.41, 5.74) is 1.51. The topological polar surface area (TPSA) is 46.5 Å². The molecular weight excluding hydrogens is 215 g/mol. The molecule has 0 spiro atoms. The molecule has 4 heteroatoms. The molecule has 0 amide bonds. The molecule has 16 heavy (non-hydrogen) atoms. The van der Waals surface area contributed by atoms with Crippen LogP contribution in [0, 0.1) is 0 Å². The Balaban J connectivity index is 0.00000225. The number of esters is 1. The van der Waals surface area contributed by atoms with E-state index in [0.29, 0.717) is 11.5 Å². The Morgan fingerprint density at radius 1 is 1.44 bits per heavy atom. The predicted octanol–water partition coefficient (Wildman–Crippen LogP) is 1.66. The van der Waals surface area contributed by atoms with E-state index in [1.54, 1.807) is 12.1 Å². The average molecular weight is 232 g/mol. The van der Waals surface area contributed by atoms with E-state index in [0.717, 1.165) is 12.0 Å². The summed E-state index contributed by atoms with van der Waals surface area (Å²) in [7, 11) is 0. The van der Waals surface area contributed by atoms with Crippen molar-refractivity contribution in [3.63, 3.8) is 0 Å². The Hall–Kier alpha value is -0.350. The number of hydrogen-bond acceptors (Lipinski definition) is 3. The van der Waals surface area contributed by atoms with Gasteiger partial charge in [-0.1, -0.05) is 32.0 Å². The summed E-state index contributed by atoms with van der Waals surface area (Å²) in [5.74, 6) is -0.152. The minimum absolute atomic E-state index is 0. The summed E-state index contributed by atoms with van der Waals surface area (Å²) in [6.45, 7) is 3.55. The first kappa shape index (κ1) is 15.7. The van der Waals surface area contributed by atoms with Crippen LogP contribution < -0.4 is 0 Å². The second-order valence-corrected chi connectivity index (χ2v) is 3.46. The molecule has 0 heterocycles. The van der Waals surface area contributed by atoms with Crippen molar-refractivity contribution in [2.24, 2.45) is 0 Å². The van der Waals surface area contributed by atoms with Gasteiger partial charge in [-0.3, -0.25) is 0 Å². The van der Waals surface area contributed by atoms with Crippen LogP contribution in [-0.4, -0.2) is 47.4 Å². The molecular formula is C12H17NaO3. The maximum atomic E-state index is 11.5. The van der Waals surface area contributed by atoms with Gasteiger partial charge in [0.25, 0.3) is 0 Å². The third-order valence-electron chi connectivity index (χ3n) is 2.52. The monoisotopic (exact) mass is 232 g/mol. The van der Waals surface area contributed by atoms with Crippen LogP contribution in [0.5, 0.6) is 0 Å². The van der Waals surface area contributed by atoms with E-state index in [9.17, 15) is 4.79 Å². The standard InChI is InChI=1S/C12H16O3.Na.H/c1-3-9(2)10-6-4-5-7-11(10)12(14)15-8-13;;/h4-7,9,13H,3,8H2,1-2H3;;. The quantitative estimate of drug-likeness (QED) is 0.488. The first-order valence-electron chi connectivity index (χ1n) is 5.07. The minimum atomic E-state index is -0.576. The van der Waals surface area contributed by atoms with Crippen LogP contribution in [0.4, 0.5) is 0 Å². The van der Waals surface area contributed by atoms with E-state index in [-0.39, 0.29) is 29.6 Å². The molecule has 3 nitrogen and oxygen atoms in total. The van der Waals surface area contributed by atoms with Gasteiger partial charge in [0.1, 0.15) is 0 Å². The number of aliphatic hydroxyl groups is 1. The summed E-state index contributed by atoms with van der Waals surface area (Å²) in [4.78, 5) is 11.5. The molecule has 1 N–H and O–H groups in total. The van der Waals surface area contributed by atoms with Gasteiger partial charge < -0.3 is 9.84 Å². The Morgan fingerprint density at radius 2 is 2.06 bits per heavy atom. The molecule has 0 saturated carbocycles. The van der Waals surface area contributed by atoms with Crippen LogP contribution in [-0.2, 0) is 4.74 Å². The SMILES string of the molecule is CCC(C)c1ccccc1C(=O)OCO.[NaH]. The maximum absolute atomic E-state index is 11.5. The van der Waals surface area contributed by atoms with Crippen molar-refractivity contribution in [3.05, 3.63) is 35.4 Å². The van der Waals surface area contributed by atoms with Gasteiger partial charge in [-0.25, -0.2) is 4.79 Å². The van der Waals surface area contributed by atoms with E-state index < -0.39 is 12.8 Å². The van der Waals surface area contributed by atoms with Crippen LogP contribution in [0.2, 0.25) is 0 Å². The van der Waals surface area contributed by atoms with E-state index in [4.69, 9.17) is 5.11 Å². The molecule has 1 atom stereocenters. The molecule has 1 aromatic carbocycles. The van der Waals surface area contributed by atoms with Crippen LogP contribution in [0.25, 0.3) is 0 Å². The number of rotatable bonds is 4. The van der Waals surface area contributed by atoms with Crippen molar-refractivity contribution >= 4 is 35.5 Å². The zero-order chi connectivity index (χ0) is 11.3. The third kappa shape index (κ3) is 3.91. The molecule has 1 rings (SSSR count). The van der Waals surface area contributed by atoms with Gasteiger partial charge in [0.05, 0.1) is 5.56 Å². The summed E-state index contributed by atoms with van der Waals surface area (Å²) < 4.78 is 4.58. The Bertz CT molecular complexity index is 339. The van der Waals surface area contributed by atoms with Crippen molar-refractivity contribution in [2.45, 2.75) is 26.2 Å². The average Bonchev–Trinajstić information content (AvgIpc) is 2.28. The number of carbonyl (C=O) groups excluding carboxylic acids is 1. The van der Waals surface area contributed by atoms with Crippen LogP contribution in [0.1, 0.15) is 42.1 Å².